The summed E-state index contributed by atoms with van der Waals surface area (Å²) in [5.41, 5.74) is 3.39. The SMILES string of the molecule is CCCCCCC1c2cc(OC)c(OC)cc2CCN1Cc1ccccc1F. The van der Waals surface area contributed by atoms with Crippen molar-refractivity contribution in [3.63, 3.8) is 0 Å². The van der Waals surface area contributed by atoms with Crippen LogP contribution < -0.4 is 9.47 Å². The molecule has 2 aromatic rings. The lowest BCUT2D eigenvalue weighted by Crippen LogP contribution is -2.35. The summed E-state index contributed by atoms with van der Waals surface area (Å²) < 4.78 is 25.3. The maximum Gasteiger partial charge on any atom is 0.161 e. The molecule has 0 bridgehead atoms. The Kier molecular flexibility index (Phi) is 7.32. The summed E-state index contributed by atoms with van der Waals surface area (Å²) >= 11 is 0. The van der Waals surface area contributed by atoms with Crippen molar-refractivity contribution >= 4 is 0 Å². The fraction of sp³-hybridized carbons (Fsp3) is 0.500. The molecule has 1 aliphatic heterocycles. The maximum atomic E-state index is 14.3. The molecule has 3 rings (SSSR count). The second-order valence-electron chi connectivity index (χ2n) is 7.58. The fourth-order valence-electron chi connectivity index (χ4n) is 4.22. The van der Waals surface area contributed by atoms with Crippen LogP contribution in [0.15, 0.2) is 36.4 Å². The smallest absolute Gasteiger partial charge is 0.161 e. The van der Waals surface area contributed by atoms with Crippen molar-refractivity contribution in [2.24, 2.45) is 0 Å². The number of halogens is 1. The molecule has 1 unspecified atom stereocenters. The highest BCUT2D eigenvalue weighted by molar-refractivity contribution is 5.49. The predicted molar refractivity (Wildman–Crippen MR) is 112 cm³/mol. The number of methoxy groups -OCH3 is 2. The van der Waals surface area contributed by atoms with Crippen LogP contribution in [0.3, 0.4) is 0 Å². The van der Waals surface area contributed by atoms with Crippen LogP contribution in [0.5, 0.6) is 11.5 Å². The van der Waals surface area contributed by atoms with Gasteiger partial charge in [0.1, 0.15) is 5.82 Å². The molecule has 3 nitrogen and oxygen atoms in total. The van der Waals surface area contributed by atoms with E-state index in [4.69, 9.17) is 9.47 Å². The second-order valence-corrected chi connectivity index (χ2v) is 7.58. The highest BCUT2D eigenvalue weighted by Gasteiger charge is 2.29. The lowest BCUT2D eigenvalue weighted by Gasteiger charge is -2.38. The van der Waals surface area contributed by atoms with Crippen LogP contribution in [0.2, 0.25) is 0 Å². The van der Waals surface area contributed by atoms with Crippen LogP contribution in [0.1, 0.15) is 61.8 Å². The summed E-state index contributed by atoms with van der Waals surface area (Å²) in [7, 11) is 3.36. The molecular weight excluding hydrogens is 353 g/mol. The standard InChI is InChI=1S/C24H32FNO2/c1-4-5-6-7-12-22-20-16-24(28-3)23(27-2)15-18(20)13-14-26(22)17-19-10-8-9-11-21(19)25/h8-11,15-16,22H,4-7,12-14,17H2,1-3H3. The molecule has 0 aliphatic carbocycles. The van der Waals surface area contributed by atoms with Gasteiger partial charge in [-0.2, -0.15) is 0 Å². The summed E-state index contributed by atoms with van der Waals surface area (Å²) in [6.45, 7) is 3.80. The Morgan fingerprint density at radius 3 is 2.50 bits per heavy atom. The summed E-state index contributed by atoms with van der Waals surface area (Å²) in [5.74, 6) is 1.44. The van der Waals surface area contributed by atoms with Gasteiger partial charge in [-0.15, -0.1) is 0 Å². The summed E-state index contributed by atoms with van der Waals surface area (Å²) in [4.78, 5) is 2.43. The Hall–Kier alpha value is -2.07. The van der Waals surface area contributed by atoms with Crippen LogP contribution in [-0.2, 0) is 13.0 Å². The summed E-state index contributed by atoms with van der Waals surface area (Å²) in [5, 5.41) is 0. The van der Waals surface area contributed by atoms with E-state index in [1.165, 1.54) is 36.8 Å². The molecule has 0 saturated heterocycles. The van der Waals surface area contributed by atoms with Crippen molar-refractivity contribution in [3.8, 4) is 11.5 Å². The second kappa shape index (κ2) is 9.92. The third-order valence-electron chi connectivity index (χ3n) is 5.78. The molecule has 4 heteroatoms. The van der Waals surface area contributed by atoms with Gasteiger partial charge in [0.25, 0.3) is 0 Å². The average Bonchev–Trinajstić information content (AvgIpc) is 2.72. The van der Waals surface area contributed by atoms with Crippen molar-refractivity contribution in [2.75, 3.05) is 20.8 Å². The van der Waals surface area contributed by atoms with Gasteiger partial charge in [0.2, 0.25) is 0 Å². The number of ether oxygens (including phenoxy) is 2. The minimum absolute atomic E-state index is 0.120. The van der Waals surface area contributed by atoms with Crippen molar-refractivity contribution < 1.29 is 13.9 Å². The Balaban J connectivity index is 1.89. The van der Waals surface area contributed by atoms with Crippen molar-refractivity contribution in [2.45, 2.75) is 58.0 Å². The van der Waals surface area contributed by atoms with Crippen molar-refractivity contribution in [1.82, 2.24) is 4.90 Å². The Morgan fingerprint density at radius 2 is 1.79 bits per heavy atom. The molecule has 1 aliphatic rings. The number of hydrogen-bond acceptors (Lipinski definition) is 3. The lowest BCUT2D eigenvalue weighted by atomic mass is 9.88. The van der Waals surface area contributed by atoms with Gasteiger partial charge >= 0.3 is 0 Å². The molecule has 0 aromatic heterocycles. The highest BCUT2D eigenvalue weighted by atomic mass is 19.1. The van der Waals surface area contributed by atoms with E-state index in [1.807, 2.05) is 12.1 Å². The van der Waals surface area contributed by atoms with Gasteiger partial charge in [0.05, 0.1) is 14.2 Å². The first-order valence-electron chi connectivity index (χ1n) is 10.4. The molecule has 0 fully saturated rings. The zero-order valence-electron chi connectivity index (χ0n) is 17.3. The average molecular weight is 386 g/mol. The Labute approximate surface area is 168 Å². The summed E-state index contributed by atoms with van der Waals surface area (Å²) in [6.07, 6.45) is 6.93. The third-order valence-corrected chi connectivity index (χ3v) is 5.78. The normalized spacial score (nSPS) is 16.6. The number of benzene rings is 2. The number of nitrogens with zero attached hydrogens (tertiary/aromatic N) is 1. The van der Waals surface area contributed by atoms with E-state index in [-0.39, 0.29) is 11.9 Å². The van der Waals surface area contributed by atoms with Crippen LogP contribution in [0.4, 0.5) is 4.39 Å². The molecule has 0 N–H and O–H groups in total. The molecule has 2 aromatic carbocycles. The lowest BCUT2D eigenvalue weighted by molar-refractivity contribution is 0.161. The van der Waals surface area contributed by atoms with E-state index in [0.717, 1.165) is 36.4 Å². The summed E-state index contributed by atoms with van der Waals surface area (Å²) in [6, 6.07) is 11.6. The van der Waals surface area contributed by atoms with Gasteiger partial charge in [-0.3, -0.25) is 4.90 Å². The molecule has 0 radical (unpaired) electrons. The molecule has 0 amide bonds. The van der Waals surface area contributed by atoms with Crippen LogP contribution >= 0.6 is 0 Å². The molecular formula is C24H32FNO2. The van der Waals surface area contributed by atoms with Crippen LogP contribution in [0.25, 0.3) is 0 Å². The van der Waals surface area contributed by atoms with Gasteiger partial charge in [0, 0.05) is 24.7 Å². The minimum Gasteiger partial charge on any atom is -0.493 e. The van der Waals surface area contributed by atoms with Gasteiger partial charge in [-0.1, -0.05) is 50.8 Å². The number of hydrogen-bond donors (Lipinski definition) is 0. The Bertz CT molecular complexity index is 777. The number of rotatable bonds is 9. The van der Waals surface area contributed by atoms with E-state index >= 15 is 0 Å². The topological polar surface area (TPSA) is 21.7 Å². The zero-order valence-corrected chi connectivity index (χ0v) is 17.3. The van der Waals surface area contributed by atoms with Crippen molar-refractivity contribution in [3.05, 3.63) is 58.9 Å². The molecule has 1 atom stereocenters. The van der Waals surface area contributed by atoms with Gasteiger partial charge in [0.15, 0.2) is 11.5 Å². The fourth-order valence-corrected chi connectivity index (χ4v) is 4.22. The monoisotopic (exact) mass is 385 g/mol. The first-order chi connectivity index (χ1) is 13.7. The predicted octanol–water partition coefficient (Wildman–Crippen LogP) is 5.91. The maximum absolute atomic E-state index is 14.3. The first-order valence-corrected chi connectivity index (χ1v) is 10.4. The molecule has 28 heavy (non-hydrogen) atoms. The largest absolute Gasteiger partial charge is 0.493 e. The van der Waals surface area contributed by atoms with Crippen LogP contribution in [0, 0.1) is 5.82 Å². The van der Waals surface area contributed by atoms with Gasteiger partial charge in [-0.05, 0) is 42.2 Å². The molecule has 152 valence electrons. The van der Waals surface area contributed by atoms with Crippen LogP contribution in [-0.4, -0.2) is 25.7 Å². The van der Waals surface area contributed by atoms with Crippen molar-refractivity contribution in [1.29, 1.82) is 0 Å². The number of unbranched alkanes of at least 4 members (excludes halogenated alkanes) is 3. The first kappa shape index (κ1) is 20.7. The van der Waals surface area contributed by atoms with E-state index < -0.39 is 0 Å². The highest BCUT2D eigenvalue weighted by Crippen LogP contribution is 2.40. The molecule has 0 saturated carbocycles. The molecule has 1 heterocycles. The van der Waals surface area contributed by atoms with E-state index in [9.17, 15) is 4.39 Å². The quantitative estimate of drug-likeness (QED) is 0.501. The van der Waals surface area contributed by atoms with Gasteiger partial charge in [-0.25, -0.2) is 4.39 Å². The van der Waals surface area contributed by atoms with E-state index in [1.54, 1.807) is 26.4 Å². The van der Waals surface area contributed by atoms with E-state index in [2.05, 4.69) is 24.0 Å². The Morgan fingerprint density at radius 1 is 1.04 bits per heavy atom. The van der Waals surface area contributed by atoms with Gasteiger partial charge < -0.3 is 9.47 Å². The zero-order chi connectivity index (χ0) is 19.9. The minimum atomic E-state index is -0.120. The van der Waals surface area contributed by atoms with E-state index in [0.29, 0.717) is 6.54 Å². The third kappa shape index (κ3) is 4.67. The number of fused-ring (bicyclic) bond motifs is 1. The molecule has 0 spiro atoms.